The molecular formula is C14H15ClN2O. The molecule has 4 heteroatoms. The molecule has 0 spiro atoms. The number of furan rings is 1. The standard InChI is InChI=1S/C14H15ClN2O/c15-8-11-3-6-14(16-9-11)17(12-4-5-12)10-13-2-1-7-18-13/h1-3,6-7,9,12H,4-5,8,10H2. The van der Waals surface area contributed by atoms with Gasteiger partial charge in [0.1, 0.15) is 11.6 Å². The number of pyridine rings is 1. The molecule has 1 fully saturated rings. The fourth-order valence-corrected chi connectivity index (χ4v) is 2.18. The van der Waals surface area contributed by atoms with Gasteiger partial charge in [0.15, 0.2) is 0 Å². The van der Waals surface area contributed by atoms with Crippen LogP contribution in [0.15, 0.2) is 41.1 Å². The maximum Gasteiger partial charge on any atom is 0.129 e. The normalized spacial score (nSPS) is 14.7. The number of aromatic nitrogens is 1. The Hall–Kier alpha value is -1.48. The van der Waals surface area contributed by atoms with E-state index in [1.165, 1.54) is 12.8 Å². The van der Waals surface area contributed by atoms with E-state index < -0.39 is 0 Å². The summed E-state index contributed by atoms with van der Waals surface area (Å²) in [6, 6.07) is 8.60. The van der Waals surface area contributed by atoms with E-state index in [0.717, 1.165) is 23.7 Å². The van der Waals surface area contributed by atoms with Gasteiger partial charge < -0.3 is 9.32 Å². The first-order valence-corrected chi connectivity index (χ1v) is 6.70. The second kappa shape index (κ2) is 5.02. The molecule has 0 unspecified atom stereocenters. The number of rotatable bonds is 5. The molecule has 94 valence electrons. The van der Waals surface area contributed by atoms with Crippen molar-refractivity contribution in [3.63, 3.8) is 0 Å². The lowest BCUT2D eigenvalue weighted by atomic mass is 10.3. The predicted octanol–water partition coefficient (Wildman–Crippen LogP) is 3.58. The van der Waals surface area contributed by atoms with Crippen molar-refractivity contribution in [2.24, 2.45) is 0 Å². The van der Waals surface area contributed by atoms with E-state index in [4.69, 9.17) is 16.0 Å². The van der Waals surface area contributed by atoms with E-state index in [2.05, 4.69) is 9.88 Å². The molecule has 0 aromatic carbocycles. The van der Waals surface area contributed by atoms with Crippen molar-refractivity contribution in [1.82, 2.24) is 4.98 Å². The molecular weight excluding hydrogens is 248 g/mol. The van der Waals surface area contributed by atoms with Gasteiger partial charge in [0.05, 0.1) is 12.8 Å². The van der Waals surface area contributed by atoms with Crippen LogP contribution in [-0.4, -0.2) is 11.0 Å². The molecule has 0 atom stereocenters. The van der Waals surface area contributed by atoms with Gasteiger partial charge in [0, 0.05) is 18.1 Å². The molecule has 0 saturated heterocycles. The molecule has 2 aromatic rings. The zero-order chi connectivity index (χ0) is 12.4. The summed E-state index contributed by atoms with van der Waals surface area (Å²) in [7, 11) is 0. The summed E-state index contributed by atoms with van der Waals surface area (Å²) in [6.45, 7) is 0.783. The molecule has 0 amide bonds. The number of hydrogen-bond donors (Lipinski definition) is 0. The molecule has 18 heavy (non-hydrogen) atoms. The average Bonchev–Trinajstić information content (AvgIpc) is 3.13. The van der Waals surface area contributed by atoms with Gasteiger partial charge >= 0.3 is 0 Å². The van der Waals surface area contributed by atoms with Gasteiger partial charge in [0.25, 0.3) is 0 Å². The molecule has 1 saturated carbocycles. The Morgan fingerprint density at radius 3 is 2.78 bits per heavy atom. The molecule has 0 N–H and O–H groups in total. The summed E-state index contributed by atoms with van der Waals surface area (Å²) in [5.74, 6) is 2.49. The maximum atomic E-state index is 5.78. The van der Waals surface area contributed by atoms with Crippen molar-refractivity contribution in [3.05, 3.63) is 48.0 Å². The second-order valence-corrected chi connectivity index (χ2v) is 4.86. The van der Waals surface area contributed by atoms with Crippen LogP contribution in [0.2, 0.25) is 0 Å². The van der Waals surface area contributed by atoms with Crippen LogP contribution in [0.4, 0.5) is 5.82 Å². The van der Waals surface area contributed by atoms with Crippen LogP contribution in [-0.2, 0) is 12.4 Å². The van der Waals surface area contributed by atoms with E-state index in [1.54, 1.807) is 6.26 Å². The summed E-state index contributed by atoms with van der Waals surface area (Å²) in [5.41, 5.74) is 1.05. The van der Waals surface area contributed by atoms with Crippen LogP contribution in [0.3, 0.4) is 0 Å². The first-order valence-electron chi connectivity index (χ1n) is 6.17. The number of halogens is 1. The summed E-state index contributed by atoms with van der Waals surface area (Å²) in [6.07, 6.45) is 6.03. The zero-order valence-corrected chi connectivity index (χ0v) is 10.8. The Morgan fingerprint density at radius 2 is 2.22 bits per heavy atom. The number of hydrogen-bond acceptors (Lipinski definition) is 3. The molecule has 3 nitrogen and oxygen atoms in total. The Kier molecular flexibility index (Phi) is 3.24. The van der Waals surface area contributed by atoms with Crippen LogP contribution in [0.25, 0.3) is 0 Å². The van der Waals surface area contributed by atoms with Crippen molar-refractivity contribution < 1.29 is 4.42 Å². The fraction of sp³-hybridized carbons (Fsp3) is 0.357. The lowest BCUT2D eigenvalue weighted by Gasteiger charge is -2.22. The van der Waals surface area contributed by atoms with Crippen molar-refractivity contribution in [3.8, 4) is 0 Å². The van der Waals surface area contributed by atoms with Crippen LogP contribution in [0, 0.1) is 0 Å². The zero-order valence-electron chi connectivity index (χ0n) is 10.1. The molecule has 0 bridgehead atoms. The summed E-state index contributed by atoms with van der Waals surface area (Å²) >= 11 is 5.78. The minimum atomic E-state index is 0.509. The molecule has 0 radical (unpaired) electrons. The SMILES string of the molecule is ClCc1ccc(N(Cc2ccco2)C2CC2)nc1. The number of alkyl halides is 1. The number of anilines is 1. The van der Waals surface area contributed by atoms with Gasteiger partial charge in [-0.15, -0.1) is 11.6 Å². The largest absolute Gasteiger partial charge is 0.467 e. The number of nitrogens with zero attached hydrogens (tertiary/aromatic N) is 2. The molecule has 2 heterocycles. The van der Waals surface area contributed by atoms with E-state index in [1.807, 2.05) is 30.5 Å². The van der Waals surface area contributed by atoms with Gasteiger partial charge in [-0.05, 0) is 36.6 Å². The third-order valence-electron chi connectivity index (χ3n) is 3.15. The summed E-state index contributed by atoms with van der Waals surface area (Å²) in [4.78, 5) is 6.79. The van der Waals surface area contributed by atoms with Gasteiger partial charge in [0.2, 0.25) is 0 Å². The highest BCUT2D eigenvalue weighted by Crippen LogP contribution is 2.32. The minimum absolute atomic E-state index is 0.509. The molecule has 1 aliphatic carbocycles. The second-order valence-electron chi connectivity index (χ2n) is 4.60. The fourth-order valence-electron chi connectivity index (χ4n) is 2.02. The topological polar surface area (TPSA) is 29.3 Å². The van der Waals surface area contributed by atoms with Crippen molar-refractivity contribution >= 4 is 17.4 Å². The first kappa shape index (κ1) is 11.6. The van der Waals surface area contributed by atoms with E-state index >= 15 is 0 Å². The Bertz CT molecular complexity index is 491. The van der Waals surface area contributed by atoms with Crippen LogP contribution >= 0.6 is 11.6 Å². The molecule has 0 aliphatic heterocycles. The minimum Gasteiger partial charge on any atom is -0.467 e. The first-order chi connectivity index (χ1) is 8.86. The van der Waals surface area contributed by atoms with E-state index in [-0.39, 0.29) is 0 Å². The lowest BCUT2D eigenvalue weighted by Crippen LogP contribution is -2.25. The van der Waals surface area contributed by atoms with E-state index in [9.17, 15) is 0 Å². The highest BCUT2D eigenvalue weighted by atomic mass is 35.5. The van der Waals surface area contributed by atoms with Crippen molar-refractivity contribution in [1.29, 1.82) is 0 Å². The predicted molar refractivity (Wildman–Crippen MR) is 71.7 cm³/mol. The monoisotopic (exact) mass is 262 g/mol. The van der Waals surface area contributed by atoms with Crippen molar-refractivity contribution in [2.75, 3.05) is 4.90 Å². The molecule has 2 aromatic heterocycles. The van der Waals surface area contributed by atoms with E-state index in [0.29, 0.717) is 11.9 Å². The van der Waals surface area contributed by atoms with Gasteiger partial charge in [-0.25, -0.2) is 4.98 Å². The third-order valence-corrected chi connectivity index (χ3v) is 3.46. The highest BCUT2D eigenvalue weighted by Gasteiger charge is 2.30. The average molecular weight is 263 g/mol. The smallest absolute Gasteiger partial charge is 0.129 e. The van der Waals surface area contributed by atoms with Crippen LogP contribution in [0.5, 0.6) is 0 Å². The Balaban J connectivity index is 1.80. The Morgan fingerprint density at radius 1 is 1.33 bits per heavy atom. The van der Waals surface area contributed by atoms with Crippen LogP contribution < -0.4 is 4.90 Å². The third kappa shape index (κ3) is 2.51. The van der Waals surface area contributed by atoms with Crippen LogP contribution in [0.1, 0.15) is 24.2 Å². The van der Waals surface area contributed by atoms with Gasteiger partial charge in [-0.2, -0.15) is 0 Å². The highest BCUT2D eigenvalue weighted by molar-refractivity contribution is 6.17. The van der Waals surface area contributed by atoms with Gasteiger partial charge in [-0.1, -0.05) is 6.07 Å². The summed E-state index contributed by atoms with van der Waals surface area (Å²) in [5, 5.41) is 0. The quantitative estimate of drug-likeness (QED) is 0.772. The molecule has 3 rings (SSSR count). The Labute approximate surface area is 111 Å². The lowest BCUT2D eigenvalue weighted by molar-refractivity contribution is 0.500. The summed E-state index contributed by atoms with van der Waals surface area (Å²) < 4.78 is 5.42. The van der Waals surface area contributed by atoms with Crippen molar-refractivity contribution in [2.45, 2.75) is 31.3 Å². The van der Waals surface area contributed by atoms with Gasteiger partial charge in [-0.3, -0.25) is 0 Å². The maximum absolute atomic E-state index is 5.78. The molecule has 1 aliphatic rings.